The van der Waals surface area contributed by atoms with E-state index in [1.54, 1.807) is 50.6 Å². The lowest BCUT2D eigenvalue weighted by Gasteiger charge is -2.51. The van der Waals surface area contributed by atoms with Crippen LogP contribution in [0.15, 0.2) is 41.3 Å². The maximum Gasteiger partial charge on any atom is 0.244 e. The van der Waals surface area contributed by atoms with Crippen molar-refractivity contribution in [2.45, 2.75) is 49.0 Å². The van der Waals surface area contributed by atoms with Crippen molar-refractivity contribution in [3.8, 4) is 11.5 Å². The number of piperidine rings is 1. The molecule has 0 radical (unpaired) electrons. The fourth-order valence-electron chi connectivity index (χ4n) is 4.29. The van der Waals surface area contributed by atoms with E-state index in [0.29, 0.717) is 23.5 Å². The second kappa shape index (κ2) is 6.49. The largest absolute Gasteiger partial charge is 0.497 e. The predicted molar refractivity (Wildman–Crippen MR) is 109 cm³/mol. The number of hydrogen-bond acceptors (Lipinski definition) is 5. The molecule has 0 saturated carbocycles. The first kappa shape index (κ1) is 19.8. The van der Waals surface area contributed by atoms with Crippen LogP contribution in [0.1, 0.15) is 36.0 Å². The number of sulfone groups is 1. The molecule has 0 aromatic heterocycles. The molecule has 2 heterocycles. The van der Waals surface area contributed by atoms with E-state index < -0.39 is 32.6 Å². The number of fused-ring (bicyclic) bond motifs is 4. The van der Waals surface area contributed by atoms with Gasteiger partial charge in [-0.15, -0.1) is 0 Å². The minimum atomic E-state index is -3.91. The molecule has 7 heteroatoms. The minimum Gasteiger partial charge on any atom is -0.497 e. The zero-order chi connectivity index (χ0) is 21.1. The molecule has 3 atom stereocenters. The Morgan fingerprint density at radius 3 is 2.52 bits per heavy atom. The molecule has 2 aromatic carbocycles. The van der Waals surface area contributed by atoms with Crippen molar-refractivity contribution in [1.82, 2.24) is 4.90 Å². The molecule has 0 N–H and O–H groups in total. The number of methoxy groups -OCH3 is 1. The number of carbonyl (C=O) groups is 1. The van der Waals surface area contributed by atoms with Crippen LogP contribution in [0.3, 0.4) is 0 Å². The Morgan fingerprint density at radius 1 is 1.14 bits per heavy atom. The summed E-state index contributed by atoms with van der Waals surface area (Å²) >= 11 is 0. The molecular formula is C22H25NO5S. The van der Waals surface area contributed by atoms with Gasteiger partial charge in [0.25, 0.3) is 0 Å². The highest BCUT2D eigenvalue weighted by Gasteiger charge is 2.57. The van der Waals surface area contributed by atoms with Crippen LogP contribution in [0.25, 0.3) is 0 Å². The molecule has 4 rings (SSSR count). The van der Waals surface area contributed by atoms with Crippen molar-refractivity contribution in [2.75, 3.05) is 14.2 Å². The Morgan fingerprint density at radius 2 is 1.86 bits per heavy atom. The van der Waals surface area contributed by atoms with Crippen LogP contribution >= 0.6 is 0 Å². The third-order valence-electron chi connectivity index (χ3n) is 6.34. The van der Waals surface area contributed by atoms with E-state index in [2.05, 4.69) is 0 Å². The molecule has 2 aliphatic heterocycles. The van der Waals surface area contributed by atoms with Gasteiger partial charge in [0.2, 0.25) is 5.91 Å². The monoisotopic (exact) mass is 415 g/mol. The van der Waals surface area contributed by atoms with Crippen molar-refractivity contribution in [2.24, 2.45) is 0 Å². The standard InChI is InChI=1S/C22H25NO5S/c1-13-6-8-16(10-14(13)2)29(25,26)20-18-12-22(3,23(4)21(20)24)28-19-9-7-15(27-5)11-17(18)19/h6-11,18,20H,12H2,1-5H3/t18-,20-,22+/m1/s1. The van der Waals surface area contributed by atoms with Crippen molar-refractivity contribution in [3.05, 3.63) is 53.1 Å². The van der Waals surface area contributed by atoms with Gasteiger partial charge in [-0.3, -0.25) is 4.79 Å². The number of aryl methyl sites for hydroxylation is 2. The average Bonchev–Trinajstić information content (AvgIpc) is 2.68. The van der Waals surface area contributed by atoms with Crippen LogP contribution in [0.5, 0.6) is 11.5 Å². The van der Waals surface area contributed by atoms with E-state index >= 15 is 0 Å². The number of likely N-dealkylation sites (tertiary alicyclic amines) is 1. The lowest BCUT2D eigenvalue weighted by Crippen LogP contribution is -2.64. The number of nitrogens with zero attached hydrogens (tertiary/aromatic N) is 1. The maximum atomic E-state index is 13.7. The van der Waals surface area contributed by atoms with Gasteiger partial charge < -0.3 is 14.4 Å². The fraction of sp³-hybridized carbons (Fsp3) is 0.409. The van der Waals surface area contributed by atoms with Crippen molar-refractivity contribution in [3.63, 3.8) is 0 Å². The Kier molecular flexibility index (Phi) is 4.42. The number of hydrogen-bond donors (Lipinski definition) is 0. The van der Waals surface area contributed by atoms with Crippen LogP contribution in [-0.4, -0.2) is 44.4 Å². The summed E-state index contributed by atoms with van der Waals surface area (Å²) in [6.07, 6.45) is 0.393. The zero-order valence-electron chi connectivity index (χ0n) is 17.2. The van der Waals surface area contributed by atoms with E-state index in [4.69, 9.17) is 9.47 Å². The fourth-order valence-corrected chi connectivity index (χ4v) is 6.28. The highest BCUT2D eigenvalue weighted by Crippen LogP contribution is 2.50. The van der Waals surface area contributed by atoms with Crippen molar-refractivity contribution in [1.29, 1.82) is 0 Å². The van der Waals surface area contributed by atoms with Crippen LogP contribution in [0.2, 0.25) is 0 Å². The Balaban J connectivity index is 1.90. The molecule has 1 saturated heterocycles. The quantitative estimate of drug-likeness (QED) is 0.770. The van der Waals surface area contributed by atoms with Gasteiger partial charge in [-0.2, -0.15) is 0 Å². The van der Waals surface area contributed by atoms with Crippen molar-refractivity contribution >= 4 is 15.7 Å². The van der Waals surface area contributed by atoms with E-state index in [0.717, 1.165) is 11.1 Å². The zero-order valence-corrected chi connectivity index (χ0v) is 18.0. The predicted octanol–water partition coefficient (Wildman–Crippen LogP) is 3.21. The molecule has 29 heavy (non-hydrogen) atoms. The highest BCUT2D eigenvalue weighted by atomic mass is 32.2. The number of rotatable bonds is 3. The van der Waals surface area contributed by atoms with Crippen LogP contribution in [-0.2, 0) is 14.6 Å². The number of amides is 1. The summed E-state index contributed by atoms with van der Waals surface area (Å²) < 4.78 is 38.8. The third kappa shape index (κ3) is 2.90. The summed E-state index contributed by atoms with van der Waals surface area (Å²) in [5.74, 6) is 0.221. The van der Waals surface area contributed by atoms with E-state index in [9.17, 15) is 13.2 Å². The number of ether oxygens (including phenoxy) is 2. The SMILES string of the molecule is COc1ccc2c(c1)[C@H]1C[C@](C)(O2)N(C)C(=O)[C@@H]1S(=O)(=O)c1ccc(C)c(C)c1. The summed E-state index contributed by atoms with van der Waals surface area (Å²) in [5.41, 5.74) is 1.69. The van der Waals surface area contributed by atoms with Gasteiger partial charge in [0.1, 0.15) is 11.5 Å². The molecular weight excluding hydrogens is 390 g/mol. The smallest absolute Gasteiger partial charge is 0.244 e. The Labute approximate surface area is 171 Å². The van der Waals surface area contributed by atoms with Gasteiger partial charge in [-0.05, 0) is 62.2 Å². The van der Waals surface area contributed by atoms with Gasteiger partial charge in [-0.1, -0.05) is 6.07 Å². The van der Waals surface area contributed by atoms with Gasteiger partial charge in [0.05, 0.1) is 12.0 Å². The summed E-state index contributed by atoms with van der Waals surface area (Å²) in [7, 11) is -0.750. The highest BCUT2D eigenvalue weighted by molar-refractivity contribution is 7.92. The summed E-state index contributed by atoms with van der Waals surface area (Å²) in [4.78, 5) is 14.9. The van der Waals surface area contributed by atoms with E-state index in [-0.39, 0.29) is 4.90 Å². The van der Waals surface area contributed by atoms with Gasteiger partial charge in [0.15, 0.2) is 20.8 Å². The molecule has 0 aliphatic carbocycles. The molecule has 1 amide bonds. The molecule has 0 spiro atoms. The Hall–Kier alpha value is -2.54. The third-order valence-corrected chi connectivity index (χ3v) is 8.44. The molecule has 6 nitrogen and oxygen atoms in total. The molecule has 0 unspecified atom stereocenters. The normalized spacial score (nSPS) is 26.0. The second-order valence-electron chi connectivity index (χ2n) is 8.10. The molecule has 2 aliphatic rings. The lowest BCUT2D eigenvalue weighted by molar-refractivity contribution is -0.159. The summed E-state index contributed by atoms with van der Waals surface area (Å²) in [6, 6.07) is 10.4. The topological polar surface area (TPSA) is 72.9 Å². The van der Waals surface area contributed by atoms with Crippen LogP contribution < -0.4 is 9.47 Å². The lowest BCUT2D eigenvalue weighted by atomic mass is 9.80. The Bertz CT molecular complexity index is 1110. The van der Waals surface area contributed by atoms with Gasteiger partial charge in [-0.25, -0.2) is 8.42 Å². The first-order chi connectivity index (χ1) is 13.6. The molecule has 1 fully saturated rings. The summed E-state index contributed by atoms with van der Waals surface area (Å²) in [6.45, 7) is 5.62. The molecule has 154 valence electrons. The van der Waals surface area contributed by atoms with Crippen LogP contribution in [0.4, 0.5) is 0 Å². The molecule has 2 bridgehead atoms. The van der Waals surface area contributed by atoms with Gasteiger partial charge >= 0.3 is 0 Å². The number of carbonyl (C=O) groups excluding carboxylic acids is 1. The first-order valence-electron chi connectivity index (χ1n) is 9.54. The van der Waals surface area contributed by atoms with E-state index in [1.807, 2.05) is 20.8 Å². The maximum absolute atomic E-state index is 13.7. The molecule has 2 aromatic rings. The van der Waals surface area contributed by atoms with Crippen molar-refractivity contribution < 1.29 is 22.7 Å². The first-order valence-corrected chi connectivity index (χ1v) is 11.1. The van der Waals surface area contributed by atoms with E-state index in [1.165, 1.54) is 4.90 Å². The van der Waals surface area contributed by atoms with Gasteiger partial charge in [0, 0.05) is 24.9 Å². The second-order valence-corrected chi connectivity index (χ2v) is 10.2. The summed E-state index contributed by atoms with van der Waals surface area (Å²) in [5, 5.41) is -1.21. The average molecular weight is 416 g/mol. The number of benzene rings is 2. The van der Waals surface area contributed by atoms with Crippen LogP contribution in [0, 0.1) is 13.8 Å². The minimum absolute atomic E-state index is 0.173.